The van der Waals surface area contributed by atoms with Crippen LogP contribution in [0.5, 0.6) is 0 Å². The summed E-state index contributed by atoms with van der Waals surface area (Å²) in [6, 6.07) is 9.80. The summed E-state index contributed by atoms with van der Waals surface area (Å²) in [7, 11) is 0. The average molecular weight is 426 g/mol. The Bertz CT molecular complexity index is 1380. The maximum atomic E-state index is 9.16. The second-order valence-corrected chi connectivity index (χ2v) is 7.57. The van der Waals surface area contributed by atoms with Crippen LogP contribution in [0.1, 0.15) is 18.4 Å². The zero-order chi connectivity index (χ0) is 21.9. The number of aliphatic hydroxyl groups excluding tert-OH is 1. The molecule has 0 spiro atoms. The highest BCUT2D eigenvalue weighted by atomic mass is 16.3. The lowest BCUT2D eigenvalue weighted by atomic mass is 10.0. The first kappa shape index (κ1) is 20.0. The van der Waals surface area contributed by atoms with Crippen LogP contribution in [-0.4, -0.2) is 53.0 Å². The van der Waals surface area contributed by atoms with Crippen molar-refractivity contribution in [2.24, 2.45) is 0 Å². The molecule has 9 nitrogen and oxygen atoms in total. The van der Waals surface area contributed by atoms with E-state index in [9.17, 15) is 0 Å². The summed E-state index contributed by atoms with van der Waals surface area (Å²) >= 11 is 0. The molecule has 0 amide bonds. The number of hydrogen-bond donors (Lipinski definition) is 2. The molecule has 0 aliphatic rings. The van der Waals surface area contributed by atoms with Crippen LogP contribution in [0.15, 0.2) is 61.4 Å². The molecule has 160 valence electrons. The van der Waals surface area contributed by atoms with Crippen LogP contribution in [0.4, 0.5) is 5.82 Å². The molecule has 1 unspecified atom stereocenters. The minimum atomic E-state index is 0.0188. The summed E-state index contributed by atoms with van der Waals surface area (Å²) in [5.74, 6) is 0.952. The molecular formula is C23H22N8O. The molecular weight excluding hydrogens is 404 g/mol. The summed E-state index contributed by atoms with van der Waals surface area (Å²) < 4.78 is 1.69. The van der Waals surface area contributed by atoms with E-state index in [2.05, 4.69) is 42.3 Å². The molecule has 5 rings (SSSR count). The van der Waals surface area contributed by atoms with E-state index >= 15 is 0 Å². The lowest BCUT2D eigenvalue weighted by Crippen LogP contribution is -2.12. The number of pyridine rings is 3. The van der Waals surface area contributed by atoms with Crippen molar-refractivity contribution in [1.29, 1.82) is 0 Å². The van der Waals surface area contributed by atoms with Gasteiger partial charge in [0.05, 0.1) is 36.1 Å². The summed E-state index contributed by atoms with van der Waals surface area (Å²) in [4.78, 5) is 22.2. The lowest BCUT2D eigenvalue weighted by Gasteiger charge is -2.15. The first-order valence-electron chi connectivity index (χ1n) is 10.4. The molecule has 0 saturated heterocycles. The summed E-state index contributed by atoms with van der Waals surface area (Å²) in [5, 5.41) is 17.7. The van der Waals surface area contributed by atoms with Gasteiger partial charge in [0, 0.05) is 48.1 Å². The van der Waals surface area contributed by atoms with Gasteiger partial charge < -0.3 is 10.4 Å². The van der Waals surface area contributed by atoms with Gasteiger partial charge in [0.1, 0.15) is 12.1 Å². The fourth-order valence-electron chi connectivity index (χ4n) is 3.75. The van der Waals surface area contributed by atoms with Crippen molar-refractivity contribution < 1.29 is 5.11 Å². The van der Waals surface area contributed by atoms with Crippen molar-refractivity contribution in [2.45, 2.75) is 19.4 Å². The third-order valence-corrected chi connectivity index (χ3v) is 5.40. The van der Waals surface area contributed by atoms with Crippen LogP contribution < -0.4 is 5.32 Å². The summed E-state index contributed by atoms with van der Waals surface area (Å²) in [6.07, 6.45) is 8.68. The Balaban J connectivity index is 1.35. The van der Waals surface area contributed by atoms with E-state index in [0.29, 0.717) is 13.1 Å². The van der Waals surface area contributed by atoms with Crippen LogP contribution in [0.2, 0.25) is 0 Å². The van der Waals surface area contributed by atoms with Gasteiger partial charge in [-0.05, 0) is 29.8 Å². The normalized spacial score (nSPS) is 12.3. The van der Waals surface area contributed by atoms with Gasteiger partial charge in [-0.1, -0.05) is 6.92 Å². The highest BCUT2D eigenvalue weighted by Gasteiger charge is 2.12. The first-order chi connectivity index (χ1) is 15.7. The minimum absolute atomic E-state index is 0.0188. The van der Waals surface area contributed by atoms with Crippen molar-refractivity contribution in [3.8, 4) is 11.3 Å². The maximum absolute atomic E-state index is 9.16. The van der Waals surface area contributed by atoms with Gasteiger partial charge in [-0.2, -0.15) is 5.10 Å². The van der Waals surface area contributed by atoms with E-state index in [1.54, 1.807) is 29.6 Å². The van der Waals surface area contributed by atoms with Crippen molar-refractivity contribution in [1.82, 2.24) is 34.7 Å². The Morgan fingerprint density at radius 1 is 1.03 bits per heavy atom. The van der Waals surface area contributed by atoms with Crippen molar-refractivity contribution in [3.63, 3.8) is 0 Å². The Labute approximate surface area is 184 Å². The first-order valence-corrected chi connectivity index (χ1v) is 10.4. The number of aromatic nitrogens is 7. The predicted octanol–water partition coefficient (Wildman–Crippen LogP) is 3.04. The second-order valence-electron chi connectivity index (χ2n) is 7.57. The van der Waals surface area contributed by atoms with Crippen LogP contribution in [0.3, 0.4) is 0 Å². The van der Waals surface area contributed by atoms with Gasteiger partial charge in [-0.15, -0.1) is 0 Å². The number of rotatable bonds is 7. The molecule has 1 atom stereocenters. The van der Waals surface area contributed by atoms with Gasteiger partial charge in [0.2, 0.25) is 0 Å². The minimum Gasteiger partial charge on any atom is -0.394 e. The van der Waals surface area contributed by atoms with Gasteiger partial charge in [0.25, 0.3) is 0 Å². The van der Waals surface area contributed by atoms with E-state index in [-0.39, 0.29) is 12.5 Å². The molecule has 5 aromatic rings. The third-order valence-electron chi connectivity index (χ3n) is 5.40. The van der Waals surface area contributed by atoms with E-state index in [1.165, 1.54) is 0 Å². The molecule has 9 heteroatoms. The average Bonchev–Trinajstić information content (AvgIpc) is 3.24. The van der Waals surface area contributed by atoms with Gasteiger partial charge >= 0.3 is 0 Å². The predicted molar refractivity (Wildman–Crippen MR) is 122 cm³/mol. The third kappa shape index (κ3) is 3.85. The Morgan fingerprint density at radius 2 is 1.97 bits per heavy atom. The Morgan fingerprint density at radius 3 is 2.88 bits per heavy atom. The molecule has 0 fully saturated rings. The number of nitrogens with one attached hydrogen (secondary N) is 1. The lowest BCUT2D eigenvalue weighted by molar-refractivity contribution is 0.271. The number of fused-ring (bicyclic) bond motifs is 2. The SMILES string of the molecule is CC(CNc1cc(-c2cnc3c(cnn3CCO)c2)ncn1)c1ccnc2cccnc12. The van der Waals surface area contributed by atoms with Crippen LogP contribution in [0, 0.1) is 0 Å². The Hall–Kier alpha value is -3.98. The van der Waals surface area contributed by atoms with Crippen LogP contribution >= 0.6 is 0 Å². The quantitative estimate of drug-likeness (QED) is 0.408. The molecule has 0 aromatic carbocycles. The summed E-state index contributed by atoms with van der Waals surface area (Å²) in [5.41, 5.74) is 5.36. The molecule has 0 radical (unpaired) electrons. The zero-order valence-electron chi connectivity index (χ0n) is 17.5. The maximum Gasteiger partial charge on any atom is 0.157 e. The fourth-order valence-corrected chi connectivity index (χ4v) is 3.75. The van der Waals surface area contributed by atoms with Crippen molar-refractivity contribution in [2.75, 3.05) is 18.5 Å². The number of aliphatic hydroxyl groups is 1. The van der Waals surface area contributed by atoms with E-state index < -0.39 is 0 Å². The van der Waals surface area contributed by atoms with Gasteiger partial charge in [-0.3, -0.25) is 9.97 Å². The molecule has 32 heavy (non-hydrogen) atoms. The van der Waals surface area contributed by atoms with Crippen LogP contribution in [-0.2, 0) is 6.54 Å². The van der Waals surface area contributed by atoms with E-state index in [4.69, 9.17) is 5.11 Å². The number of hydrogen-bond acceptors (Lipinski definition) is 8. The molecule has 0 aliphatic heterocycles. The molecule has 0 saturated carbocycles. The largest absolute Gasteiger partial charge is 0.394 e. The van der Waals surface area contributed by atoms with E-state index in [0.717, 1.165) is 44.7 Å². The molecule has 2 N–H and O–H groups in total. The van der Waals surface area contributed by atoms with E-state index in [1.807, 2.05) is 36.5 Å². The molecule has 0 aliphatic carbocycles. The van der Waals surface area contributed by atoms with Gasteiger partial charge in [0.15, 0.2) is 5.65 Å². The smallest absolute Gasteiger partial charge is 0.157 e. The standard InChI is InChI=1S/C23H22N8O/c1-15(18-4-6-24-19-3-2-5-25-22(18)19)11-26-21-10-20(28-14-29-21)16-9-17-13-30-31(7-8-32)23(17)27-12-16/h2-6,9-10,12-15,32H,7-8,11H2,1H3,(H,26,28,29). The molecule has 0 bridgehead atoms. The topological polar surface area (TPSA) is 115 Å². The second kappa shape index (κ2) is 8.64. The molecule has 5 heterocycles. The Kier molecular flexibility index (Phi) is 5.39. The van der Waals surface area contributed by atoms with Crippen molar-refractivity contribution >= 4 is 27.9 Å². The highest BCUT2D eigenvalue weighted by molar-refractivity contribution is 5.80. The number of nitrogens with zero attached hydrogens (tertiary/aromatic N) is 7. The molecule has 5 aromatic heterocycles. The highest BCUT2D eigenvalue weighted by Crippen LogP contribution is 2.25. The van der Waals surface area contributed by atoms with Gasteiger partial charge in [-0.25, -0.2) is 19.6 Å². The fraction of sp³-hybridized carbons (Fsp3) is 0.217. The summed E-state index contributed by atoms with van der Waals surface area (Å²) in [6.45, 7) is 3.28. The zero-order valence-corrected chi connectivity index (χ0v) is 17.5. The van der Waals surface area contributed by atoms with Crippen molar-refractivity contribution in [3.05, 3.63) is 67.0 Å². The van der Waals surface area contributed by atoms with Crippen LogP contribution in [0.25, 0.3) is 33.3 Å². The monoisotopic (exact) mass is 426 g/mol. The number of anilines is 1.